The number of carbonyl (C=O) groups excluding carboxylic acids is 1. The van der Waals surface area contributed by atoms with Gasteiger partial charge in [-0.2, -0.15) is 0 Å². The zero-order valence-electron chi connectivity index (χ0n) is 10.5. The molecule has 6 heteroatoms. The third-order valence-electron chi connectivity index (χ3n) is 2.57. The molecule has 0 saturated heterocycles. The van der Waals surface area contributed by atoms with Gasteiger partial charge in [-0.05, 0) is 26.2 Å². The van der Waals surface area contributed by atoms with Crippen LogP contribution in [0, 0.1) is 0 Å². The highest BCUT2D eigenvalue weighted by Crippen LogP contribution is 2.24. The number of nitrogens with zero attached hydrogens (tertiary/aromatic N) is 2. The van der Waals surface area contributed by atoms with Crippen LogP contribution in [0.2, 0.25) is 0 Å². The largest absolute Gasteiger partial charge is 0.466 e. The lowest BCUT2D eigenvalue weighted by Crippen LogP contribution is -2.35. The molecular formula is C11H22IN3O2. The van der Waals surface area contributed by atoms with Crippen molar-refractivity contribution < 1.29 is 9.53 Å². The fourth-order valence-electron chi connectivity index (χ4n) is 1.41. The maximum atomic E-state index is 11.0. The molecule has 0 atom stereocenters. The van der Waals surface area contributed by atoms with Gasteiger partial charge in [0.2, 0.25) is 0 Å². The molecule has 0 aliphatic heterocycles. The second-order valence-electron chi connectivity index (χ2n) is 3.99. The van der Waals surface area contributed by atoms with Gasteiger partial charge in [0.05, 0.1) is 6.61 Å². The fourth-order valence-corrected chi connectivity index (χ4v) is 1.41. The molecule has 0 radical (unpaired) electrons. The standard InChI is InChI=1S/C11H21N3O2.HI/c1-3-16-10(15)5-4-8-13-11(12)14(2)9-6-7-9;/h9H,3-8H2,1-2H3,(H2,12,13);1H. The summed E-state index contributed by atoms with van der Waals surface area (Å²) >= 11 is 0. The van der Waals surface area contributed by atoms with Gasteiger partial charge >= 0.3 is 5.97 Å². The van der Waals surface area contributed by atoms with Crippen molar-refractivity contribution in [2.45, 2.75) is 38.6 Å². The van der Waals surface area contributed by atoms with Crippen LogP contribution < -0.4 is 5.73 Å². The van der Waals surface area contributed by atoms with Gasteiger partial charge in [-0.1, -0.05) is 0 Å². The van der Waals surface area contributed by atoms with Crippen LogP contribution in [0.25, 0.3) is 0 Å². The van der Waals surface area contributed by atoms with Crippen molar-refractivity contribution in [1.82, 2.24) is 4.90 Å². The molecule has 2 N–H and O–H groups in total. The van der Waals surface area contributed by atoms with E-state index >= 15 is 0 Å². The fraction of sp³-hybridized carbons (Fsp3) is 0.818. The number of esters is 1. The highest BCUT2D eigenvalue weighted by atomic mass is 127. The number of rotatable bonds is 6. The predicted molar refractivity (Wildman–Crippen MR) is 78.6 cm³/mol. The number of halogens is 1. The summed E-state index contributed by atoms with van der Waals surface area (Å²) in [6.07, 6.45) is 3.51. The highest BCUT2D eigenvalue weighted by Gasteiger charge is 2.27. The molecule has 1 aliphatic carbocycles. The molecular weight excluding hydrogens is 333 g/mol. The van der Waals surface area contributed by atoms with E-state index in [0.717, 1.165) is 0 Å². The van der Waals surface area contributed by atoms with Gasteiger partial charge in [-0.25, -0.2) is 0 Å². The van der Waals surface area contributed by atoms with E-state index in [1.54, 1.807) is 6.92 Å². The van der Waals surface area contributed by atoms with E-state index in [2.05, 4.69) is 4.99 Å². The Kier molecular flexibility index (Phi) is 8.28. The van der Waals surface area contributed by atoms with E-state index in [1.807, 2.05) is 11.9 Å². The molecule has 0 heterocycles. The zero-order chi connectivity index (χ0) is 12.0. The Bertz CT molecular complexity index is 267. The molecule has 0 spiro atoms. The van der Waals surface area contributed by atoms with Crippen LogP contribution in [0.4, 0.5) is 0 Å². The number of aliphatic imine (C=N–C) groups is 1. The van der Waals surface area contributed by atoms with E-state index in [-0.39, 0.29) is 29.9 Å². The minimum absolute atomic E-state index is 0. The summed E-state index contributed by atoms with van der Waals surface area (Å²) in [6, 6.07) is 0.578. The highest BCUT2D eigenvalue weighted by molar-refractivity contribution is 14.0. The van der Waals surface area contributed by atoms with Crippen LogP contribution in [0.1, 0.15) is 32.6 Å². The van der Waals surface area contributed by atoms with Crippen LogP contribution in [0.15, 0.2) is 4.99 Å². The van der Waals surface area contributed by atoms with Crippen LogP contribution in [-0.4, -0.2) is 43.1 Å². The average Bonchev–Trinajstić information content (AvgIpc) is 3.07. The summed E-state index contributed by atoms with van der Waals surface area (Å²) in [4.78, 5) is 17.3. The first-order chi connectivity index (χ1) is 7.65. The maximum absolute atomic E-state index is 11.0. The van der Waals surface area contributed by atoms with Gasteiger partial charge in [0.1, 0.15) is 0 Å². The molecule has 0 unspecified atom stereocenters. The first kappa shape index (κ1) is 16.5. The van der Waals surface area contributed by atoms with E-state index in [1.165, 1.54) is 12.8 Å². The molecule has 0 aromatic carbocycles. The number of hydrogen-bond acceptors (Lipinski definition) is 3. The van der Waals surface area contributed by atoms with Gasteiger partial charge < -0.3 is 15.4 Å². The van der Waals surface area contributed by atoms with E-state index in [9.17, 15) is 4.79 Å². The molecule has 17 heavy (non-hydrogen) atoms. The quantitative estimate of drug-likeness (QED) is 0.257. The van der Waals surface area contributed by atoms with Gasteiger partial charge in [-0.15, -0.1) is 24.0 Å². The van der Waals surface area contributed by atoms with Crippen LogP contribution in [0.3, 0.4) is 0 Å². The molecule has 0 aromatic rings. The molecule has 5 nitrogen and oxygen atoms in total. The van der Waals surface area contributed by atoms with Crippen molar-refractivity contribution in [2.24, 2.45) is 10.7 Å². The van der Waals surface area contributed by atoms with Crippen molar-refractivity contribution in [3.63, 3.8) is 0 Å². The summed E-state index contributed by atoms with van der Waals surface area (Å²) in [5, 5.41) is 0. The number of guanidine groups is 1. The van der Waals surface area contributed by atoms with E-state index in [0.29, 0.717) is 38.0 Å². The Morgan fingerprint density at radius 3 is 2.71 bits per heavy atom. The van der Waals surface area contributed by atoms with Crippen LogP contribution in [0.5, 0.6) is 0 Å². The van der Waals surface area contributed by atoms with Crippen molar-refractivity contribution in [1.29, 1.82) is 0 Å². The molecule has 1 rings (SSSR count). The number of ether oxygens (including phenoxy) is 1. The minimum atomic E-state index is -0.160. The van der Waals surface area contributed by atoms with Gasteiger partial charge in [0.25, 0.3) is 0 Å². The summed E-state index contributed by atoms with van der Waals surface area (Å²) < 4.78 is 4.82. The summed E-state index contributed by atoms with van der Waals surface area (Å²) in [5.74, 6) is 0.415. The molecule has 0 amide bonds. The summed E-state index contributed by atoms with van der Waals surface area (Å²) in [5.41, 5.74) is 5.79. The number of carbonyl (C=O) groups is 1. The Labute approximate surface area is 120 Å². The summed E-state index contributed by atoms with van der Waals surface area (Å²) in [7, 11) is 1.96. The van der Waals surface area contributed by atoms with Crippen molar-refractivity contribution in [3.8, 4) is 0 Å². The summed E-state index contributed by atoms with van der Waals surface area (Å²) in [6.45, 7) is 2.83. The number of hydrogen-bond donors (Lipinski definition) is 1. The topological polar surface area (TPSA) is 67.9 Å². The third-order valence-corrected chi connectivity index (χ3v) is 2.57. The molecule has 0 bridgehead atoms. The monoisotopic (exact) mass is 355 g/mol. The van der Waals surface area contributed by atoms with Crippen molar-refractivity contribution in [3.05, 3.63) is 0 Å². The van der Waals surface area contributed by atoms with Gasteiger partial charge in [0.15, 0.2) is 5.96 Å². The lowest BCUT2D eigenvalue weighted by molar-refractivity contribution is -0.143. The second kappa shape index (κ2) is 8.54. The second-order valence-corrected chi connectivity index (χ2v) is 3.99. The molecule has 0 aromatic heterocycles. The lowest BCUT2D eigenvalue weighted by atomic mass is 10.3. The van der Waals surface area contributed by atoms with Crippen LogP contribution >= 0.6 is 24.0 Å². The average molecular weight is 355 g/mol. The van der Waals surface area contributed by atoms with Gasteiger partial charge in [-0.3, -0.25) is 9.79 Å². The normalized spacial score (nSPS) is 15.1. The Morgan fingerprint density at radius 1 is 1.53 bits per heavy atom. The molecule has 1 fully saturated rings. The SMILES string of the molecule is CCOC(=O)CCCN=C(N)N(C)C1CC1.I. The smallest absolute Gasteiger partial charge is 0.305 e. The number of nitrogens with two attached hydrogens (primary N) is 1. The predicted octanol–water partition coefficient (Wildman–Crippen LogP) is 1.36. The Hall–Kier alpha value is -0.530. The Morgan fingerprint density at radius 2 is 2.18 bits per heavy atom. The lowest BCUT2D eigenvalue weighted by Gasteiger charge is -2.16. The molecule has 100 valence electrons. The minimum Gasteiger partial charge on any atom is -0.466 e. The maximum Gasteiger partial charge on any atom is 0.305 e. The van der Waals surface area contributed by atoms with Crippen LogP contribution in [-0.2, 0) is 9.53 Å². The molecule has 1 saturated carbocycles. The first-order valence-electron chi connectivity index (χ1n) is 5.83. The van der Waals surface area contributed by atoms with Crippen molar-refractivity contribution in [2.75, 3.05) is 20.2 Å². The first-order valence-corrected chi connectivity index (χ1v) is 5.83. The third kappa shape index (κ3) is 6.70. The van der Waals surface area contributed by atoms with E-state index < -0.39 is 0 Å². The van der Waals surface area contributed by atoms with Crippen molar-refractivity contribution >= 4 is 35.9 Å². The zero-order valence-corrected chi connectivity index (χ0v) is 12.8. The molecule has 1 aliphatic rings. The van der Waals surface area contributed by atoms with E-state index in [4.69, 9.17) is 10.5 Å². The Balaban J connectivity index is 0.00000256. The van der Waals surface area contributed by atoms with Gasteiger partial charge in [0, 0.05) is 26.1 Å².